The molecule has 4 aliphatic rings. The van der Waals surface area contributed by atoms with E-state index in [2.05, 4.69) is 51.8 Å². The Bertz CT molecular complexity index is 1090. The minimum Gasteiger partial charge on any atom is -0.370 e. The van der Waals surface area contributed by atoms with Crippen molar-refractivity contribution in [1.82, 2.24) is 20.1 Å². The fourth-order valence-electron chi connectivity index (χ4n) is 4.90. The van der Waals surface area contributed by atoms with Crippen LogP contribution in [0.5, 0.6) is 0 Å². The van der Waals surface area contributed by atoms with Crippen LogP contribution in [0.2, 0.25) is 0 Å². The quantitative estimate of drug-likeness (QED) is 0.754. The zero-order chi connectivity index (χ0) is 19.5. The van der Waals surface area contributed by atoms with Gasteiger partial charge in [0, 0.05) is 38.5 Å². The Kier molecular flexibility index (Phi) is 4.15. The van der Waals surface area contributed by atoms with Gasteiger partial charge in [-0.2, -0.15) is 0 Å². The second-order valence-electron chi connectivity index (χ2n) is 8.30. The highest BCUT2D eigenvalue weighted by atomic mass is 32.1. The summed E-state index contributed by atoms with van der Waals surface area (Å²) in [5.74, 6) is 1.71. The lowest BCUT2D eigenvalue weighted by Crippen LogP contribution is -2.37. The fourth-order valence-corrected chi connectivity index (χ4v) is 7.08. The van der Waals surface area contributed by atoms with Crippen molar-refractivity contribution in [2.24, 2.45) is 11.8 Å². The van der Waals surface area contributed by atoms with Gasteiger partial charge in [-0.3, -0.25) is 4.79 Å². The van der Waals surface area contributed by atoms with Crippen LogP contribution >= 0.6 is 19.9 Å². The third-order valence-corrected chi connectivity index (χ3v) is 8.87. The number of rotatable bonds is 2. The molecule has 7 heteroatoms. The van der Waals surface area contributed by atoms with Crippen molar-refractivity contribution in [3.63, 3.8) is 0 Å². The smallest absolute Gasteiger partial charge is 0.252 e. The number of nitrogens with one attached hydrogen (secondary N) is 1. The summed E-state index contributed by atoms with van der Waals surface area (Å²) < 4.78 is 1.20. The van der Waals surface area contributed by atoms with Gasteiger partial charge in [0.05, 0.1) is 26.7 Å². The Hall–Kier alpha value is -2.01. The SMILES string of the molecule is Cc1nc2cc(C3=CC(=O)N4C=C(N5C[C@H]6CNC[C@H]6C5)C=CC4P3)ccc2s1. The predicted octanol–water partition coefficient (Wildman–Crippen LogP) is 3.35. The van der Waals surface area contributed by atoms with Gasteiger partial charge < -0.3 is 15.1 Å². The van der Waals surface area contributed by atoms with E-state index in [-0.39, 0.29) is 11.7 Å². The molecule has 29 heavy (non-hydrogen) atoms. The monoisotopic (exact) mass is 422 g/mol. The van der Waals surface area contributed by atoms with Crippen LogP contribution in [-0.2, 0) is 4.79 Å². The van der Waals surface area contributed by atoms with Gasteiger partial charge in [-0.15, -0.1) is 11.3 Å². The predicted molar refractivity (Wildman–Crippen MR) is 120 cm³/mol. The zero-order valence-electron chi connectivity index (χ0n) is 16.3. The molecule has 2 unspecified atom stereocenters. The standard InChI is InChI=1S/C22H23N4OPS/c1-13-24-18-6-14(2-4-20(18)29-13)19-7-21(27)26-12-17(3-5-22(26)28-19)25-10-15-8-23-9-16(15)11-25/h2-7,12,15-16,22-23,28H,8-11H2,1H3/t15-,16+,22?. The molecule has 0 bridgehead atoms. The van der Waals surface area contributed by atoms with Gasteiger partial charge in [0.25, 0.3) is 5.91 Å². The summed E-state index contributed by atoms with van der Waals surface area (Å²) in [7, 11) is 0.547. The molecule has 1 aromatic carbocycles. The first-order chi connectivity index (χ1) is 14.1. The fraction of sp³-hybridized carbons (Fsp3) is 0.364. The van der Waals surface area contributed by atoms with Crippen molar-refractivity contribution in [1.29, 1.82) is 0 Å². The van der Waals surface area contributed by atoms with Crippen LogP contribution in [0, 0.1) is 18.8 Å². The lowest BCUT2D eigenvalue weighted by molar-refractivity contribution is -0.123. The molecule has 2 fully saturated rings. The topological polar surface area (TPSA) is 48.5 Å². The number of aryl methyl sites for hydroxylation is 1. The van der Waals surface area contributed by atoms with Crippen LogP contribution in [0.3, 0.4) is 0 Å². The number of allylic oxidation sites excluding steroid dienone is 1. The van der Waals surface area contributed by atoms with Crippen LogP contribution in [-0.4, -0.2) is 52.7 Å². The number of aromatic nitrogens is 1. The van der Waals surface area contributed by atoms with Crippen LogP contribution in [0.1, 0.15) is 10.6 Å². The average molecular weight is 422 g/mol. The molecule has 0 spiro atoms. The molecule has 4 atom stereocenters. The second kappa shape index (κ2) is 6.76. The molecule has 2 aromatic rings. The molecule has 5 nitrogen and oxygen atoms in total. The molecule has 1 amide bonds. The number of likely N-dealkylation sites (tertiary alicyclic amines) is 1. The Balaban J connectivity index is 1.26. The molecule has 4 aliphatic heterocycles. The maximum absolute atomic E-state index is 13.0. The highest BCUT2D eigenvalue weighted by Crippen LogP contribution is 2.45. The van der Waals surface area contributed by atoms with Crippen molar-refractivity contribution in [2.45, 2.75) is 12.7 Å². The molecule has 0 aliphatic carbocycles. The Labute approximate surface area is 176 Å². The summed E-state index contributed by atoms with van der Waals surface area (Å²) in [6.07, 6.45) is 8.35. The van der Waals surface area contributed by atoms with Gasteiger partial charge in [0.15, 0.2) is 0 Å². The van der Waals surface area contributed by atoms with E-state index in [1.807, 2.05) is 17.9 Å². The van der Waals surface area contributed by atoms with Crippen molar-refractivity contribution in [3.05, 3.63) is 58.9 Å². The largest absolute Gasteiger partial charge is 0.370 e. The van der Waals surface area contributed by atoms with Gasteiger partial charge >= 0.3 is 0 Å². The van der Waals surface area contributed by atoms with Crippen LogP contribution in [0.15, 0.2) is 48.3 Å². The minimum absolute atomic E-state index is 0.0845. The normalized spacial score (nSPS) is 29.4. The maximum Gasteiger partial charge on any atom is 0.252 e. The summed E-state index contributed by atoms with van der Waals surface area (Å²) in [5.41, 5.74) is 3.34. The van der Waals surface area contributed by atoms with Crippen LogP contribution in [0.4, 0.5) is 0 Å². The molecular weight excluding hydrogens is 399 g/mol. The van der Waals surface area contributed by atoms with E-state index < -0.39 is 0 Å². The zero-order valence-corrected chi connectivity index (χ0v) is 18.1. The lowest BCUT2D eigenvalue weighted by Gasteiger charge is -2.35. The van der Waals surface area contributed by atoms with Gasteiger partial charge in [-0.1, -0.05) is 20.7 Å². The van der Waals surface area contributed by atoms with Crippen LogP contribution < -0.4 is 5.32 Å². The minimum atomic E-state index is 0.0845. The number of carbonyl (C=O) groups excluding carboxylic acids is 1. The van der Waals surface area contributed by atoms with E-state index in [4.69, 9.17) is 0 Å². The van der Waals surface area contributed by atoms with E-state index in [0.29, 0.717) is 8.58 Å². The summed E-state index contributed by atoms with van der Waals surface area (Å²) >= 11 is 1.71. The molecule has 0 saturated carbocycles. The highest BCUT2D eigenvalue weighted by molar-refractivity contribution is 7.51. The number of amides is 1. The number of hydrogen-bond donors (Lipinski definition) is 1. The molecule has 0 radical (unpaired) electrons. The molecule has 6 rings (SSSR count). The first-order valence-electron chi connectivity index (χ1n) is 10.2. The molecule has 148 valence electrons. The summed E-state index contributed by atoms with van der Waals surface area (Å²) in [4.78, 5) is 22.0. The second-order valence-corrected chi connectivity index (χ2v) is 11.0. The van der Waals surface area contributed by atoms with Crippen molar-refractivity contribution in [2.75, 3.05) is 26.2 Å². The third kappa shape index (κ3) is 3.05. The number of thiazole rings is 1. The van der Waals surface area contributed by atoms with Crippen molar-refractivity contribution in [3.8, 4) is 0 Å². The maximum atomic E-state index is 13.0. The number of hydrogen-bond acceptors (Lipinski definition) is 5. The number of carbonyl (C=O) groups is 1. The number of fused-ring (bicyclic) bond motifs is 3. The van der Waals surface area contributed by atoms with E-state index in [1.54, 1.807) is 11.3 Å². The first kappa shape index (κ1) is 17.8. The highest BCUT2D eigenvalue weighted by Gasteiger charge is 2.38. The molecule has 1 N–H and O–H groups in total. The third-order valence-electron chi connectivity index (χ3n) is 6.41. The van der Waals surface area contributed by atoms with E-state index in [1.165, 1.54) is 10.4 Å². The molecule has 1 aromatic heterocycles. The summed E-state index contributed by atoms with van der Waals surface area (Å²) in [6, 6.07) is 6.39. The Morgan fingerprint density at radius 3 is 2.90 bits per heavy atom. The molecule has 2 saturated heterocycles. The number of nitrogens with zero attached hydrogens (tertiary/aromatic N) is 3. The van der Waals surface area contributed by atoms with Crippen molar-refractivity contribution < 1.29 is 4.79 Å². The van der Waals surface area contributed by atoms with E-state index in [0.717, 1.165) is 59.4 Å². The molecular formula is C22H23N4OPS. The van der Waals surface area contributed by atoms with E-state index >= 15 is 0 Å². The molecule has 5 heterocycles. The summed E-state index contributed by atoms with van der Waals surface area (Å²) in [5, 5.41) is 5.70. The van der Waals surface area contributed by atoms with Gasteiger partial charge in [-0.25, -0.2) is 4.98 Å². The van der Waals surface area contributed by atoms with Gasteiger partial charge in [-0.05, 0) is 47.8 Å². The van der Waals surface area contributed by atoms with Crippen molar-refractivity contribution >= 4 is 41.4 Å². The Morgan fingerprint density at radius 2 is 2.07 bits per heavy atom. The lowest BCUT2D eigenvalue weighted by atomic mass is 10.0. The average Bonchev–Trinajstić information content (AvgIpc) is 3.40. The van der Waals surface area contributed by atoms with Gasteiger partial charge in [0.2, 0.25) is 0 Å². The van der Waals surface area contributed by atoms with Gasteiger partial charge in [0.1, 0.15) is 0 Å². The number of benzene rings is 1. The Morgan fingerprint density at radius 1 is 1.24 bits per heavy atom. The first-order valence-corrected chi connectivity index (χ1v) is 12.1. The summed E-state index contributed by atoms with van der Waals surface area (Å²) in [6.45, 7) is 6.47. The van der Waals surface area contributed by atoms with Crippen LogP contribution in [0.25, 0.3) is 15.5 Å². The van der Waals surface area contributed by atoms with E-state index in [9.17, 15) is 4.79 Å².